The van der Waals surface area contributed by atoms with Crippen LogP contribution in [0.5, 0.6) is 0 Å². The Morgan fingerprint density at radius 3 is 2.56 bits per heavy atom. The highest BCUT2D eigenvalue weighted by molar-refractivity contribution is 7.99. The van der Waals surface area contributed by atoms with Crippen LogP contribution in [0.25, 0.3) is 0 Å². The summed E-state index contributed by atoms with van der Waals surface area (Å²) in [7, 11) is 1.73. The van der Waals surface area contributed by atoms with Crippen LogP contribution in [0.4, 0.5) is 0 Å². The van der Waals surface area contributed by atoms with Crippen molar-refractivity contribution >= 4 is 11.8 Å². The van der Waals surface area contributed by atoms with E-state index in [1.807, 2.05) is 11.8 Å². The number of ether oxygens (including phenoxy) is 1. The summed E-state index contributed by atoms with van der Waals surface area (Å²) in [6, 6.07) is 8.73. The van der Waals surface area contributed by atoms with Crippen molar-refractivity contribution in [3.8, 4) is 0 Å². The van der Waals surface area contributed by atoms with E-state index in [0.717, 1.165) is 24.5 Å². The molecule has 1 unspecified atom stereocenters. The molecule has 16 heavy (non-hydrogen) atoms. The van der Waals surface area contributed by atoms with Crippen molar-refractivity contribution in [2.45, 2.75) is 19.4 Å². The molecule has 1 atom stereocenters. The van der Waals surface area contributed by atoms with Gasteiger partial charge in [-0.25, -0.2) is 0 Å². The molecule has 1 aromatic rings. The maximum atomic E-state index is 6.11. The smallest absolute Gasteiger partial charge is 0.0552 e. The summed E-state index contributed by atoms with van der Waals surface area (Å²) in [5, 5.41) is 0. The summed E-state index contributed by atoms with van der Waals surface area (Å²) in [4.78, 5) is 0. The van der Waals surface area contributed by atoms with Gasteiger partial charge in [0.25, 0.3) is 0 Å². The van der Waals surface area contributed by atoms with Gasteiger partial charge in [-0.05, 0) is 17.5 Å². The van der Waals surface area contributed by atoms with Crippen LogP contribution >= 0.6 is 11.8 Å². The number of aryl methyl sites for hydroxylation is 1. The molecule has 0 aliphatic heterocycles. The fourth-order valence-corrected chi connectivity index (χ4v) is 2.35. The van der Waals surface area contributed by atoms with Gasteiger partial charge in [-0.1, -0.05) is 31.2 Å². The highest BCUT2D eigenvalue weighted by Gasteiger charge is 2.05. The van der Waals surface area contributed by atoms with E-state index in [1.54, 1.807) is 7.11 Å². The molecular formula is C13H21NOS. The Morgan fingerprint density at radius 1 is 1.31 bits per heavy atom. The first kappa shape index (κ1) is 13.6. The van der Waals surface area contributed by atoms with E-state index < -0.39 is 0 Å². The Hall–Kier alpha value is -0.510. The van der Waals surface area contributed by atoms with E-state index >= 15 is 0 Å². The maximum Gasteiger partial charge on any atom is 0.0552 e. The lowest BCUT2D eigenvalue weighted by molar-refractivity contribution is 0.218. The van der Waals surface area contributed by atoms with E-state index in [9.17, 15) is 0 Å². The summed E-state index contributed by atoms with van der Waals surface area (Å²) in [6.07, 6.45) is 1.08. The number of hydrogen-bond donors (Lipinski definition) is 1. The molecule has 0 saturated carbocycles. The van der Waals surface area contributed by atoms with Crippen LogP contribution < -0.4 is 5.73 Å². The van der Waals surface area contributed by atoms with Gasteiger partial charge in [-0.3, -0.25) is 0 Å². The third-order valence-electron chi connectivity index (χ3n) is 2.55. The highest BCUT2D eigenvalue weighted by atomic mass is 32.2. The SMILES string of the molecule is CCc1ccc(C(N)CSCCOC)cc1. The van der Waals surface area contributed by atoms with E-state index in [4.69, 9.17) is 10.5 Å². The van der Waals surface area contributed by atoms with Gasteiger partial charge in [0.1, 0.15) is 0 Å². The predicted octanol–water partition coefficient (Wildman–Crippen LogP) is 2.63. The Bertz CT molecular complexity index is 286. The first-order valence-electron chi connectivity index (χ1n) is 5.69. The van der Waals surface area contributed by atoms with E-state index in [0.29, 0.717) is 0 Å². The zero-order chi connectivity index (χ0) is 11.8. The van der Waals surface area contributed by atoms with Gasteiger partial charge in [0, 0.05) is 24.7 Å². The topological polar surface area (TPSA) is 35.2 Å². The van der Waals surface area contributed by atoms with Gasteiger partial charge in [-0.2, -0.15) is 11.8 Å². The Labute approximate surface area is 103 Å². The Balaban J connectivity index is 2.37. The van der Waals surface area contributed by atoms with Crippen LogP contribution in [-0.2, 0) is 11.2 Å². The number of thioether (sulfide) groups is 1. The summed E-state index contributed by atoms with van der Waals surface area (Å²) < 4.78 is 5.00. The van der Waals surface area contributed by atoms with Gasteiger partial charge in [0.15, 0.2) is 0 Å². The van der Waals surface area contributed by atoms with Crippen LogP contribution in [0.15, 0.2) is 24.3 Å². The molecule has 2 N–H and O–H groups in total. The third kappa shape index (κ3) is 4.56. The standard InChI is InChI=1S/C13H21NOS/c1-3-11-4-6-12(7-5-11)13(14)10-16-9-8-15-2/h4-7,13H,3,8-10,14H2,1-2H3. The molecule has 2 nitrogen and oxygen atoms in total. The van der Waals surface area contributed by atoms with Crippen molar-refractivity contribution in [1.29, 1.82) is 0 Å². The zero-order valence-corrected chi connectivity index (χ0v) is 10.9. The molecule has 3 heteroatoms. The lowest BCUT2D eigenvalue weighted by atomic mass is 10.1. The molecule has 1 rings (SSSR count). The van der Waals surface area contributed by atoms with Crippen LogP contribution in [0, 0.1) is 0 Å². The summed E-state index contributed by atoms with van der Waals surface area (Å²) in [6.45, 7) is 2.96. The van der Waals surface area contributed by atoms with Gasteiger partial charge in [-0.15, -0.1) is 0 Å². The van der Waals surface area contributed by atoms with Crippen molar-refractivity contribution in [1.82, 2.24) is 0 Å². The Kier molecular flexibility index (Phi) is 6.53. The fourth-order valence-electron chi connectivity index (χ4n) is 1.45. The summed E-state index contributed by atoms with van der Waals surface area (Å²) in [5.74, 6) is 1.96. The molecule has 90 valence electrons. The number of methoxy groups -OCH3 is 1. The van der Waals surface area contributed by atoms with Gasteiger partial charge >= 0.3 is 0 Å². The van der Waals surface area contributed by atoms with Crippen LogP contribution in [0.3, 0.4) is 0 Å². The summed E-state index contributed by atoms with van der Waals surface area (Å²) in [5.41, 5.74) is 8.70. The molecule has 0 radical (unpaired) electrons. The number of benzene rings is 1. The zero-order valence-electron chi connectivity index (χ0n) is 10.1. The van der Waals surface area contributed by atoms with Crippen molar-refractivity contribution in [3.05, 3.63) is 35.4 Å². The minimum atomic E-state index is 0.132. The van der Waals surface area contributed by atoms with Crippen LogP contribution in [-0.4, -0.2) is 25.2 Å². The van der Waals surface area contributed by atoms with Crippen molar-refractivity contribution in [2.24, 2.45) is 5.73 Å². The average Bonchev–Trinajstić information content (AvgIpc) is 2.34. The second kappa shape index (κ2) is 7.71. The second-order valence-corrected chi connectivity index (χ2v) is 4.92. The molecule has 0 aliphatic rings. The predicted molar refractivity (Wildman–Crippen MR) is 71.9 cm³/mol. The van der Waals surface area contributed by atoms with Crippen molar-refractivity contribution in [3.63, 3.8) is 0 Å². The Morgan fingerprint density at radius 2 is 2.00 bits per heavy atom. The van der Waals surface area contributed by atoms with Crippen molar-refractivity contribution < 1.29 is 4.74 Å². The molecule has 0 spiro atoms. The second-order valence-electron chi connectivity index (χ2n) is 3.77. The lowest BCUT2D eigenvalue weighted by Gasteiger charge is -2.12. The van der Waals surface area contributed by atoms with Crippen LogP contribution in [0.2, 0.25) is 0 Å². The first-order chi connectivity index (χ1) is 7.77. The molecule has 0 saturated heterocycles. The number of rotatable bonds is 7. The molecule has 1 aromatic carbocycles. The van der Waals surface area contributed by atoms with Crippen LogP contribution in [0.1, 0.15) is 24.1 Å². The first-order valence-corrected chi connectivity index (χ1v) is 6.84. The van der Waals surface area contributed by atoms with Crippen molar-refractivity contribution in [2.75, 3.05) is 25.2 Å². The molecule has 0 bridgehead atoms. The number of nitrogens with two attached hydrogens (primary N) is 1. The quantitative estimate of drug-likeness (QED) is 0.743. The summed E-state index contributed by atoms with van der Waals surface area (Å²) >= 11 is 1.84. The van der Waals surface area contributed by atoms with E-state index in [2.05, 4.69) is 31.2 Å². The largest absolute Gasteiger partial charge is 0.384 e. The van der Waals surface area contributed by atoms with Gasteiger partial charge in [0.05, 0.1) is 6.61 Å². The molecular weight excluding hydrogens is 218 g/mol. The van der Waals surface area contributed by atoms with E-state index in [-0.39, 0.29) is 6.04 Å². The minimum Gasteiger partial charge on any atom is -0.384 e. The molecule has 0 fully saturated rings. The van der Waals surface area contributed by atoms with E-state index in [1.165, 1.54) is 11.1 Å². The fraction of sp³-hybridized carbons (Fsp3) is 0.538. The molecule has 0 aliphatic carbocycles. The minimum absolute atomic E-state index is 0.132. The number of hydrogen-bond acceptors (Lipinski definition) is 3. The molecule has 0 aromatic heterocycles. The average molecular weight is 239 g/mol. The van der Waals surface area contributed by atoms with Gasteiger partial charge < -0.3 is 10.5 Å². The maximum absolute atomic E-state index is 6.11. The normalized spacial score (nSPS) is 12.7. The molecule has 0 heterocycles. The molecule has 0 amide bonds. The lowest BCUT2D eigenvalue weighted by Crippen LogP contribution is -2.13. The van der Waals surface area contributed by atoms with Gasteiger partial charge in [0.2, 0.25) is 0 Å². The monoisotopic (exact) mass is 239 g/mol. The highest BCUT2D eigenvalue weighted by Crippen LogP contribution is 2.16. The third-order valence-corrected chi connectivity index (χ3v) is 3.60.